The molecule has 2 N–H and O–H groups in total. The highest BCUT2D eigenvalue weighted by Crippen LogP contribution is 2.32. The molecule has 0 fully saturated rings. The molecular formula is C11H17NO4S. The van der Waals surface area contributed by atoms with Gasteiger partial charge in [0.15, 0.2) is 9.84 Å². The number of benzene rings is 1. The summed E-state index contributed by atoms with van der Waals surface area (Å²) in [5.41, 5.74) is 5.90. The monoisotopic (exact) mass is 259 g/mol. The lowest BCUT2D eigenvalue weighted by molar-refractivity contribution is 0.385. The maximum atomic E-state index is 12.0. The first kappa shape index (κ1) is 13.8. The maximum absolute atomic E-state index is 12.0. The van der Waals surface area contributed by atoms with Crippen molar-refractivity contribution < 1.29 is 17.9 Å². The lowest BCUT2D eigenvalue weighted by Crippen LogP contribution is -2.17. The van der Waals surface area contributed by atoms with Crippen molar-refractivity contribution in [3.05, 3.63) is 17.7 Å². The largest absolute Gasteiger partial charge is 0.497 e. The van der Waals surface area contributed by atoms with Crippen molar-refractivity contribution >= 4 is 9.84 Å². The Hall–Kier alpha value is -1.27. The molecule has 0 saturated carbocycles. The summed E-state index contributed by atoms with van der Waals surface area (Å²) in [6.07, 6.45) is 0. The Balaban J connectivity index is 3.42. The van der Waals surface area contributed by atoms with Crippen molar-refractivity contribution in [1.29, 1.82) is 0 Å². The summed E-state index contributed by atoms with van der Waals surface area (Å²) in [6.45, 7) is 1.78. The predicted octanol–water partition coefficient (Wildman–Crippen LogP) is 0.745. The van der Waals surface area contributed by atoms with E-state index in [0.29, 0.717) is 11.3 Å². The first-order valence-electron chi connectivity index (χ1n) is 5.11. The van der Waals surface area contributed by atoms with E-state index in [1.165, 1.54) is 14.2 Å². The zero-order chi connectivity index (χ0) is 13.1. The third kappa shape index (κ3) is 2.89. The van der Waals surface area contributed by atoms with Crippen LogP contribution < -0.4 is 15.2 Å². The van der Waals surface area contributed by atoms with Gasteiger partial charge in [-0.3, -0.25) is 0 Å². The Labute approximate surface area is 101 Å². The van der Waals surface area contributed by atoms with Gasteiger partial charge in [-0.15, -0.1) is 0 Å². The van der Waals surface area contributed by atoms with E-state index in [-0.39, 0.29) is 22.9 Å². The van der Waals surface area contributed by atoms with Crippen molar-refractivity contribution in [2.24, 2.45) is 5.73 Å². The second kappa shape index (κ2) is 5.37. The first-order chi connectivity index (χ1) is 7.96. The number of aryl methyl sites for hydroxylation is 1. The van der Waals surface area contributed by atoms with Gasteiger partial charge < -0.3 is 15.2 Å². The number of hydrogen-bond acceptors (Lipinski definition) is 5. The number of hydrogen-bond donors (Lipinski definition) is 1. The molecule has 0 atom stereocenters. The second-order valence-corrected chi connectivity index (χ2v) is 5.63. The van der Waals surface area contributed by atoms with Gasteiger partial charge in [0.2, 0.25) is 0 Å². The van der Waals surface area contributed by atoms with E-state index < -0.39 is 9.84 Å². The summed E-state index contributed by atoms with van der Waals surface area (Å²) >= 11 is 0. The molecule has 1 rings (SSSR count). The smallest absolute Gasteiger partial charge is 0.183 e. The van der Waals surface area contributed by atoms with Gasteiger partial charge in [0.05, 0.1) is 20.0 Å². The fourth-order valence-corrected chi connectivity index (χ4v) is 3.15. The van der Waals surface area contributed by atoms with Crippen LogP contribution in [0.15, 0.2) is 17.0 Å². The fourth-order valence-electron chi connectivity index (χ4n) is 1.63. The highest BCUT2D eigenvalue weighted by atomic mass is 32.2. The van der Waals surface area contributed by atoms with Gasteiger partial charge in [-0.05, 0) is 18.6 Å². The lowest BCUT2D eigenvalue weighted by Gasteiger charge is -2.13. The SMILES string of the molecule is COc1cc(C)c(S(=O)(=O)CCN)c(OC)c1. The summed E-state index contributed by atoms with van der Waals surface area (Å²) in [7, 11) is -0.472. The van der Waals surface area contributed by atoms with Crippen molar-refractivity contribution in [1.82, 2.24) is 0 Å². The van der Waals surface area contributed by atoms with Crippen LogP contribution in [0, 0.1) is 6.92 Å². The lowest BCUT2D eigenvalue weighted by atomic mass is 10.2. The molecule has 0 aromatic heterocycles. The minimum Gasteiger partial charge on any atom is -0.497 e. The summed E-state index contributed by atoms with van der Waals surface area (Å²) in [5.74, 6) is 0.748. The third-order valence-electron chi connectivity index (χ3n) is 2.37. The molecule has 0 unspecified atom stereocenters. The van der Waals surface area contributed by atoms with E-state index in [0.717, 1.165) is 0 Å². The molecule has 0 bridgehead atoms. The number of methoxy groups -OCH3 is 2. The van der Waals surface area contributed by atoms with Crippen LogP contribution in [0.25, 0.3) is 0 Å². The molecule has 0 radical (unpaired) electrons. The van der Waals surface area contributed by atoms with Crippen LogP contribution in [0.4, 0.5) is 0 Å². The predicted molar refractivity (Wildman–Crippen MR) is 65.4 cm³/mol. The van der Waals surface area contributed by atoms with E-state index in [9.17, 15) is 8.42 Å². The number of ether oxygens (including phenoxy) is 2. The average molecular weight is 259 g/mol. The second-order valence-electron chi connectivity index (χ2n) is 3.58. The standard InChI is InChI=1S/C11H17NO4S/c1-8-6-9(15-2)7-10(16-3)11(8)17(13,14)5-4-12/h6-7H,4-5,12H2,1-3H3. The summed E-state index contributed by atoms with van der Waals surface area (Å²) in [5, 5.41) is 0. The summed E-state index contributed by atoms with van der Waals surface area (Å²) in [6, 6.07) is 3.21. The first-order valence-corrected chi connectivity index (χ1v) is 6.77. The van der Waals surface area contributed by atoms with Crippen molar-refractivity contribution in [2.75, 3.05) is 26.5 Å². The van der Waals surface area contributed by atoms with Crippen LogP contribution in [0.2, 0.25) is 0 Å². The quantitative estimate of drug-likeness (QED) is 0.844. The molecule has 5 nitrogen and oxygen atoms in total. The van der Waals surface area contributed by atoms with Gasteiger partial charge >= 0.3 is 0 Å². The van der Waals surface area contributed by atoms with Crippen LogP contribution in [-0.2, 0) is 9.84 Å². The van der Waals surface area contributed by atoms with E-state index in [1.807, 2.05) is 0 Å². The van der Waals surface area contributed by atoms with Crippen LogP contribution in [-0.4, -0.2) is 34.9 Å². The zero-order valence-corrected chi connectivity index (χ0v) is 11.0. The van der Waals surface area contributed by atoms with Crippen LogP contribution in [0.5, 0.6) is 11.5 Å². The number of nitrogens with two attached hydrogens (primary N) is 1. The molecular weight excluding hydrogens is 242 g/mol. The maximum Gasteiger partial charge on any atom is 0.183 e. The number of sulfone groups is 1. The molecule has 0 aliphatic heterocycles. The normalized spacial score (nSPS) is 11.3. The molecule has 6 heteroatoms. The van der Waals surface area contributed by atoms with Crippen LogP contribution in [0.3, 0.4) is 0 Å². The van der Waals surface area contributed by atoms with Gasteiger partial charge in [0, 0.05) is 12.6 Å². The van der Waals surface area contributed by atoms with Crippen molar-refractivity contribution in [3.8, 4) is 11.5 Å². The highest BCUT2D eigenvalue weighted by Gasteiger charge is 2.22. The minimum absolute atomic E-state index is 0.0803. The van der Waals surface area contributed by atoms with E-state index in [4.69, 9.17) is 15.2 Å². The summed E-state index contributed by atoms with van der Waals surface area (Å²) in [4.78, 5) is 0.186. The van der Waals surface area contributed by atoms with Crippen molar-refractivity contribution in [2.45, 2.75) is 11.8 Å². The Bertz CT molecular complexity index is 496. The van der Waals surface area contributed by atoms with Gasteiger partial charge in [-0.2, -0.15) is 0 Å². The fraction of sp³-hybridized carbons (Fsp3) is 0.455. The third-order valence-corrected chi connectivity index (χ3v) is 4.29. The highest BCUT2D eigenvalue weighted by molar-refractivity contribution is 7.91. The van der Waals surface area contributed by atoms with Crippen LogP contribution >= 0.6 is 0 Å². The molecule has 0 aliphatic rings. The minimum atomic E-state index is -3.41. The molecule has 0 heterocycles. The van der Waals surface area contributed by atoms with Crippen molar-refractivity contribution in [3.63, 3.8) is 0 Å². The molecule has 0 aliphatic carbocycles. The number of rotatable bonds is 5. The summed E-state index contributed by atoms with van der Waals surface area (Å²) < 4.78 is 34.2. The Morgan fingerprint density at radius 2 is 1.88 bits per heavy atom. The zero-order valence-electron chi connectivity index (χ0n) is 10.2. The molecule has 0 amide bonds. The topological polar surface area (TPSA) is 78.6 Å². The molecule has 96 valence electrons. The Morgan fingerprint density at radius 3 is 2.35 bits per heavy atom. The van der Waals surface area contributed by atoms with E-state index >= 15 is 0 Å². The van der Waals surface area contributed by atoms with E-state index in [1.54, 1.807) is 19.1 Å². The van der Waals surface area contributed by atoms with Crippen LogP contribution in [0.1, 0.15) is 5.56 Å². The molecule has 0 spiro atoms. The van der Waals surface area contributed by atoms with Gasteiger partial charge in [-0.25, -0.2) is 8.42 Å². The Kier molecular flexibility index (Phi) is 4.36. The molecule has 1 aromatic carbocycles. The molecule has 17 heavy (non-hydrogen) atoms. The average Bonchev–Trinajstić information content (AvgIpc) is 2.27. The van der Waals surface area contributed by atoms with Gasteiger partial charge in [-0.1, -0.05) is 0 Å². The van der Waals surface area contributed by atoms with Gasteiger partial charge in [0.25, 0.3) is 0 Å². The Morgan fingerprint density at radius 1 is 1.24 bits per heavy atom. The molecule has 1 aromatic rings. The van der Waals surface area contributed by atoms with E-state index in [2.05, 4.69) is 0 Å². The molecule has 0 saturated heterocycles. The van der Waals surface area contributed by atoms with Gasteiger partial charge in [0.1, 0.15) is 16.4 Å².